The molecule has 1 aliphatic heterocycles. The number of rotatable bonds is 6. The number of amides is 1. The van der Waals surface area contributed by atoms with Crippen molar-refractivity contribution in [3.05, 3.63) is 70.4 Å². The van der Waals surface area contributed by atoms with Crippen molar-refractivity contribution in [3.63, 3.8) is 0 Å². The zero-order valence-corrected chi connectivity index (χ0v) is 17.8. The predicted octanol–water partition coefficient (Wildman–Crippen LogP) is 4.48. The number of piperidine rings is 1. The summed E-state index contributed by atoms with van der Waals surface area (Å²) < 4.78 is 0. The van der Waals surface area contributed by atoms with E-state index in [4.69, 9.17) is 0 Å². The van der Waals surface area contributed by atoms with Crippen LogP contribution in [0.15, 0.2) is 54.2 Å². The molecule has 1 N–H and O–H groups in total. The highest BCUT2D eigenvalue weighted by atomic mass is 32.1. The first-order valence-corrected chi connectivity index (χ1v) is 11.1. The number of hydrogen-bond acceptors (Lipinski definition) is 6. The third-order valence-electron chi connectivity index (χ3n) is 5.13. The fourth-order valence-corrected chi connectivity index (χ4v) is 4.30. The molecule has 3 aromatic heterocycles. The van der Waals surface area contributed by atoms with Crippen molar-refractivity contribution in [3.8, 4) is 0 Å². The molecule has 0 saturated carbocycles. The summed E-state index contributed by atoms with van der Waals surface area (Å²) in [6.07, 6.45) is 10.1. The van der Waals surface area contributed by atoms with Crippen LogP contribution in [-0.2, 0) is 11.2 Å². The van der Waals surface area contributed by atoms with E-state index in [9.17, 15) is 4.79 Å². The molecule has 1 unspecified atom stereocenters. The zero-order chi connectivity index (χ0) is 20.8. The zero-order valence-electron chi connectivity index (χ0n) is 17.0. The predicted molar refractivity (Wildman–Crippen MR) is 121 cm³/mol. The highest BCUT2D eigenvalue weighted by Crippen LogP contribution is 2.23. The molecule has 0 aromatic carbocycles. The highest BCUT2D eigenvalue weighted by Gasteiger charge is 2.22. The Morgan fingerprint density at radius 3 is 2.97 bits per heavy atom. The molecular formula is C23H25N5OS. The average molecular weight is 420 g/mol. The van der Waals surface area contributed by atoms with Crippen LogP contribution in [0.3, 0.4) is 0 Å². The number of carbonyl (C=O) groups excluding carboxylic acids is 1. The van der Waals surface area contributed by atoms with Gasteiger partial charge in [-0.1, -0.05) is 6.07 Å². The number of hydrogen-bond donors (Lipinski definition) is 1. The molecule has 0 radical (unpaired) electrons. The van der Waals surface area contributed by atoms with Crippen molar-refractivity contribution in [1.29, 1.82) is 0 Å². The van der Waals surface area contributed by atoms with Gasteiger partial charge in [0.05, 0.1) is 10.7 Å². The average Bonchev–Trinajstić information content (AvgIpc) is 3.18. The Morgan fingerprint density at radius 2 is 2.17 bits per heavy atom. The van der Waals surface area contributed by atoms with Crippen molar-refractivity contribution >= 4 is 35.0 Å². The van der Waals surface area contributed by atoms with Gasteiger partial charge in [-0.15, -0.1) is 11.3 Å². The Balaban J connectivity index is 1.35. The number of pyridine rings is 2. The molecule has 1 amide bonds. The molecule has 1 fully saturated rings. The van der Waals surface area contributed by atoms with Gasteiger partial charge in [0.25, 0.3) is 0 Å². The number of thiazole rings is 1. The van der Waals surface area contributed by atoms with E-state index in [0.29, 0.717) is 5.92 Å². The molecule has 6 nitrogen and oxygen atoms in total. The molecule has 154 valence electrons. The minimum Gasteiger partial charge on any atom is -0.339 e. The highest BCUT2D eigenvalue weighted by molar-refractivity contribution is 7.09. The molecule has 0 bridgehead atoms. The van der Waals surface area contributed by atoms with E-state index < -0.39 is 0 Å². The first-order chi connectivity index (χ1) is 14.7. The van der Waals surface area contributed by atoms with E-state index in [1.807, 2.05) is 47.7 Å². The molecule has 30 heavy (non-hydrogen) atoms. The molecule has 1 saturated heterocycles. The van der Waals surface area contributed by atoms with Gasteiger partial charge in [-0.3, -0.25) is 4.79 Å². The summed E-state index contributed by atoms with van der Waals surface area (Å²) in [6.45, 7) is 3.57. The lowest BCUT2D eigenvalue weighted by atomic mass is 9.91. The fourth-order valence-electron chi connectivity index (χ4n) is 3.72. The van der Waals surface area contributed by atoms with Gasteiger partial charge in [0.1, 0.15) is 11.6 Å². The topological polar surface area (TPSA) is 71.0 Å². The van der Waals surface area contributed by atoms with Crippen LogP contribution in [0.25, 0.3) is 6.08 Å². The second-order valence-electron chi connectivity index (χ2n) is 7.51. The van der Waals surface area contributed by atoms with Crippen LogP contribution in [0.4, 0.5) is 11.6 Å². The van der Waals surface area contributed by atoms with E-state index in [1.54, 1.807) is 23.6 Å². The Labute approximate surface area is 180 Å². The molecular weight excluding hydrogens is 394 g/mol. The van der Waals surface area contributed by atoms with Crippen LogP contribution in [0.1, 0.15) is 29.1 Å². The summed E-state index contributed by atoms with van der Waals surface area (Å²) in [5.41, 5.74) is 2.07. The summed E-state index contributed by atoms with van der Waals surface area (Å²) in [7, 11) is 0. The first-order valence-electron chi connectivity index (χ1n) is 10.2. The largest absolute Gasteiger partial charge is 0.339 e. The lowest BCUT2D eigenvalue weighted by molar-refractivity contribution is -0.127. The SMILES string of the molecule is Cc1nc(/C=C/C(=O)N2CCCC(Cc3ccnc(Nc4ccccn4)c3)C2)cs1. The number of aryl methyl sites for hydroxylation is 1. The molecule has 4 rings (SSSR count). The number of likely N-dealkylation sites (tertiary alicyclic amines) is 1. The second-order valence-corrected chi connectivity index (χ2v) is 8.57. The Bertz CT molecular complexity index is 1020. The number of aromatic nitrogens is 3. The molecule has 0 aliphatic carbocycles. The van der Waals surface area contributed by atoms with Crippen molar-refractivity contribution < 1.29 is 4.79 Å². The Morgan fingerprint density at radius 1 is 1.27 bits per heavy atom. The molecule has 3 aromatic rings. The van der Waals surface area contributed by atoms with E-state index in [1.165, 1.54) is 5.56 Å². The third-order valence-corrected chi connectivity index (χ3v) is 5.93. The number of nitrogens with zero attached hydrogens (tertiary/aromatic N) is 4. The van der Waals surface area contributed by atoms with Crippen molar-refractivity contribution in [2.75, 3.05) is 18.4 Å². The van der Waals surface area contributed by atoms with E-state index in [-0.39, 0.29) is 5.91 Å². The Kier molecular flexibility index (Phi) is 6.49. The number of carbonyl (C=O) groups is 1. The van der Waals surface area contributed by atoms with Crippen LogP contribution in [0.2, 0.25) is 0 Å². The Hall–Kier alpha value is -3.06. The fraction of sp³-hybridized carbons (Fsp3) is 0.304. The summed E-state index contributed by atoms with van der Waals surface area (Å²) in [5, 5.41) is 6.22. The van der Waals surface area contributed by atoms with Crippen LogP contribution >= 0.6 is 11.3 Å². The monoisotopic (exact) mass is 419 g/mol. The van der Waals surface area contributed by atoms with Crippen molar-refractivity contribution in [1.82, 2.24) is 19.9 Å². The van der Waals surface area contributed by atoms with Crippen LogP contribution in [0.5, 0.6) is 0 Å². The number of anilines is 2. The van der Waals surface area contributed by atoms with Gasteiger partial charge >= 0.3 is 0 Å². The van der Waals surface area contributed by atoms with E-state index >= 15 is 0 Å². The van der Waals surface area contributed by atoms with Gasteiger partial charge in [0.15, 0.2) is 0 Å². The molecule has 1 aliphatic rings. The maximum atomic E-state index is 12.6. The quantitative estimate of drug-likeness (QED) is 0.597. The van der Waals surface area contributed by atoms with Crippen molar-refractivity contribution in [2.24, 2.45) is 5.92 Å². The molecule has 0 spiro atoms. The molecule has 1 atom stereocenters. The maximum Gasteiger partial charge on any atom is 0.246 e. The van der Waals surface area contributed by atoms with Crippen LogP contribution < -0.4 is 5.32 Å². The van der Waals surface area contributed by atoms with Crippen molar-refractivity contribution in [2.45, 2.75) is 26.2 Å². The third kappa shape index (κ3) is 5.51. The minimum atomic E-state index is 0.0672. The number of nitrogens with one attached hydrogen (secondary N) is 1. The minimum absolute atomic E-state index is 0.0672. The van der Waals surface area contributed by atoms with Gasteiger partial charge in [-0.25, -0.2) is 15.0 Å². The summed E-state index contributed by atoms with van der Waals surface area (Å²) in [5.74, 6) is 2.08. The first kappa shape index (κ1) is 20.2. The van der Waals surface area contributed by atoms with E-state index in [0.717, 1.165) is 54.7 Å². The van der Waals surface area contributed by atoms with E-state index in [2.05, 4.69) is 32.4 Å². The standard InChI is InChI=1S/C23H25N5OS/c1-17-26-20(16-30-17)7-8-23(29)28-12-4-5-19(15-28)13-18-9-11-25-22(14-18)27-21-6-2-3-10-24-21/h2-3,6-11,14,16,19H,4-5,12-13,15H2,1H3,(H,24,25,27)/b8-7+. The molecule has 7 heteroatoms. The summed E-state index contributed by atoms with van der Waals surface area (Å²) in [6, 6.07) is 9.86. The van der Waals surface area contributed by atoms with Gasteiger partial charge in [0.2, 0.25) is 5.91 Å². The van der Waals surface area contributed by atoms with Gasteiger partial charge in [0, 0.05) is 36.9 Å². The van der Waals surface area contributed by atoms with Gasteiger partial charge < -0.3 is 10.2 Å². The lowest BCUT2D eigenvalue weighted by Crippen LogP contribution is -2.39. The summed E-state index contributed by atoms with van der Waals surface area (Å²) in [4.78, 5) is 27.6. The normalized spacial score (nSPS) is 16.7. The van der Waals surface area contributed by atoms with Crippen LogP contribution in [-0.4, -0.2) is 38.8 Å². The lowest BCUT2D eigenvalue weighted by Gasteiger charge is -2.32. The molecule has 4 heterocycles. The van der Waals surface area contributed by atoms with Crippen LogP contribution in [0, 0.1) is 12.8 Å². The summed E-state index contributed by atoms with van der Waals surface area (Å²) >= 11 is 1.59. The second kappa shape index (κ2) is 9.63. The van der Waals surface area contributed by atoms with Gasteiger partial charge in [-0.2, -0.15) is 0 Å². The maximum absolute atomic E-state index is 12.6. The van der Waals surface area contributed by atoms with Gasteiger partial charge in [-0.05, 0) is 68.0 Å². The smallest absolute Gasteiger partial charge is 0.246 e.